The number of amides is 3. The van der Waals surface area contributed by atoms with E-state index >= 15 is 0 Å². The van der Waals surface area contributed by atoms with Gasteiger partial charge in [0.05, 0.1) is 12.4 Å². The molecule has 0 spiro atoms. The number of aromatic nitrogens is 2. The van der Waals surface area contributed by atoms with Crippen molar-refractivity contribution in [3.8, 4) is 0 Å². The Morgan fingerprint density at radius 3 is 2.57 bits per heavy atom. The van der Waals surface area contributed by atoms with Gasteiger partial charge in [-0.25, -0.2) is 9.78 Å². The topological polar surface area (TPSA) is 171 Å². The van der Waals surface area contributed by atoms with Gasteiger partial charge in [0.25, 0.3) is 0 Å². The molecule has 1 aliphatic heterocycles. The highest BCUT2D eigenvalue weighted by Crippen LogP contribution is 2.18. The number of rotatable bonds is 8. The summed E-state index contributed by atoms with van der Waals surface area (Å²) in [5.41, 5.74) is 6.52. The Bertz CT molecular complexity index is 722. The number of nitrogens with zero attached hydrogens (tertiary/aromatic N) is 2. The Morgan fingerprint density at radius 2 is 1.96 bits per heavy atom. The zero-order valence-electron chi connectivity index (χ0n) is 15.8. The first-order chi connectivity index (χ1) is 13.2. The molecule has 28 heavy (non-hydrogen) atoms. The molecule has 2 heterocycles. The van der Waals surface area contributed by atoms with Crippen LogP contribution in [-0.4, -0.2) is 74.4 Å². The molecule has 0 saturated carbocycles. The maximum absolute atomic E-state index is 12.5. The van der Waals surface area contributed by atoms with E-state index in [0.29, 0.717) is 25.1 Å². The lowest BCUT2D eigenvalue weighted by Crippen LogP contribution is -2.55. The van der Waals surface area contributed by atoms with Crippen LogP contribution in [0.2, 0.25) is 0 Å². The minimum absolute atomic E-state index is 0.237. The SMILES string of the molecule is CC(NC(=O)C(N)Cc1cnc[nH]1)C(=O)NC(C)C(=O)N1CCCC1C(=O)O. The Balaban J connectivity index is 1.84. The lowest BCUT2D eigenvalue weighted by atomic mass is 10.1. The van der Waals surface area contributed by atoms with Crippen LogP contribution in [0.25, 0.3) is 0 Å². The average Bonchev–Trinajstić information content (AvgIpc) is 3.32. The second kappa shape index (κ2) is 9.31. The highest BCUT2D eigenvalue weighted by molar-refractivity contribution is 5.93. The van der Waals surface area contributed by atoms with E-state index in [1.165, 1.54) is 25.1 Å². The van der Waals surface area contributed by atoms with Gasteiger partial charge >= 0.3 is 5.97 Å². The number of imidazole rings is 1. The van der Waals surface area contributed by atoms with Crippen molar-refractivity contribution in [1.29, 1.82) is 0 Å². The summed E-state index contributed by atoms with van der Waals surface area (Å²) in [6.45, 7) is 3.30. The van der Waals surface area contributed by atoms with E-state index in [9.17, 15) is 24.3 Å². The summed E-state index contributed by atoms with van der Waals surface area (Å²) in [4.78, 5) is 56.1. The normalized spacial score (nSPS) is 19.5. The largest absolute Gasteiger partial charge is 0.480 e. The minimum atomic E-state index is -1.06. The predicted octanol–water partition coefficient (Wildman–Crippen LogP) is -1.64. The highest BCUT2D eigenvalue weighted by Gasteiger charge is 2.36. The molecule has 1 aromatic heterocycles. The summed E-state index contributed by atoms with van der Waals surface area (Å²) in [6.07, 6.45) is 4.26. The van der Waals surface area contributed by atoms with Crippen molar-refractivity contribution in [3.05, 3.63) is 18.2 Å². The second-order valence-corrected chi connectivity index (χ2v) is 6.88. The smallest absolute Gasteiger partial charge is 0.326 e. The summed E-state index contributed by atoms with van der Waals surface area (Å²) in [5, 5.41) is 14.2. The van der Waals surface area contributed by atoms with Gasteiger partial charge in [0.15, 0.2) is 0 Å². The third-order valence-electron chi connectivity index (χ3n) is 4.63. The minimum Gasteiger partial charge on any atom is -0.480 e. The molecule has 1 aliphatic rings. The number of hydrogen-bond donors (Lipinski definition) is 5. The quantitative estimate of drug-likeness (QED) is 0.352. The molecule has 0 aliphatic carbocycles. The number of hydrogen-bond acceptors (Lipinski definition) is 6. The molecule has 6 N–H and O–H groups in total. The zero-order chi connectivity index (χ0) is 20.8. The molecule has 1 saturated heterocycles. The van der Waals surface area contributed by atoms with E-state index in [2.05, 4.69) is 20.6 Å². The first kappa shape index (κ1) is 21.4. The van der Waals surface area contributed by atoms with Crippen LogP contribution in [0.5, 0.6) is 0 Å². The number of carboxylic acid groups (broad SMARTS) is 1. The molecule has 1 aromatic rings. The van der Waals surface area contributed by atoms with E-state index in [-0.39, 0.29) is 6.42 Å². The molecule has 4 atom stereocenters. The van der Waals surface area contributed by atoms with Crippen molar-refractivity contribution in [3.63, 3.8) is 0 Å². The molecular weight excluding hydrogens is 368 g/mol. The summed E-state index contributed by atoms with van der Waals surface area (Å²) >= 11 is 0. The fourth-order valence-corrected chi connectivity index (χ4v) is 3.05. The third-order valence-corrected chi connectivity index (χ3v) is 4.63. The van der Waals surface area contributed by atoms with Crippen molar-refractivity contribution in [1.82, 2.24) is 25.5 Å². The van der Waals surface area contributed by atoms with E-state index < -0.39 is 47.9 Å². The third kappa shape index (κ3) is 5.28. The molecular formula is C17H26N6O5. The molecule has 0 aromatic carbocycles. The maximum Gasteiger partial charge on any atom is 0.326 e. The van der Waals surface area contributed by atoms with Gasteiger partial charge in [0, 0.05) is 24.9 Å². The molecule has 154 valence electrons. The van der Waals surface area contributed by atoms with Gasteiger partial charge in [0.2, 0.25) is 17.7 Å². The summed E-state index contributed by atoms with van der Waals surface area (Å²) in [5.74, 6) is -2.60. The number of likely N-dealkylation sites (tertiary alicyclic amines) is 1. The van der Waals surface area contributed by atoms with Crippen LogP contribution in [0, 0.1) is 0 Å². The Kier molecular flexibility index (Phi) is 7.10. The number of carbonyl (C=O) groups excluding carboxylic acids is 3. The van der Waals surface area contributed by atoms with Crippen LogP contribution in [-0.2, 0) is 25.6 Å². The Morgan fingerprint density at radius 1 is 1.29 bits per heavy atom. The van der Waals surface area contributed by atoms with Crippen molar-refractivity contribution in [2.75, 3.05) is 6.54 Å². The van der Waals surface area contributed by atoms with Crippen molar-refractivity contribution >= 4 is 23.7 Å². The number of carbonyl (C=O) groups is 4. The molecule has 3 amide bonds. The van der Waals surface area contributed by atoms with Gasteiger partial charge < -0.3 is 31.4 Å². The number of nitrogens with two attached hydrogens (primary N) is 1. The standard InChI is InChI=1S/C17H26N6O5/c1-9(21-15(25)12(18)6-11-7-19-8-20-11)14(24)22-10(2)16(26)23-5-3-4-13(23)17(27)28/h7-10,12-13H,3-6,18H2,1-2H3,(H,19,20)(H,21,25)(H,22,24)(H,27,28). The molecule has 1 fully saturated rings. The lowest BCUT2D eigenvalue weighted by Gasteiger charge is -2.26. The summed E-state index contributed by atoms with van der Waals surface area (Å²) in [7, 11) is 0. The Labute approximate surface area is 162 Å². The second-order valence-electron chi connectivity index (χ2n) is 6.88. The summed E-state index contributed by atoms with van der Waals surface area (Å²) < 4.78 is 0. The van der Waals surface area contributed by atoms with Crippen molar-refractivity contribution in [2.24, 2.45) is 5.73 Å². The molecule has 0 bridgehead atoms. The van der Waals surface area contributed by atoms with Gasteiger partial charge in [-0.3, -0.25) is 14.4 Å². The van der Waals surface area contributed by atoms with E-state index in [1.807, 2.05) is 0 Å². The molecule has 2 rings (SSSR count). The number of aliphatic carboxylic acids is 1. The van der Waals surface area contributed by atoms with Crippen LogP contribution in [0.4, 0.5) is 0 Å². The van der Waals surface area contributed by atoms with Crippen LogP contribution in [0.3, 0.4) is 0 Å². The predicted molar refractivity (Wildman–Crippen MR) is 97.8 cm³/mol. The fraction of sp³-hybridized carbons (Fsp3) is 0.588. The van der Waals surface area contributed by atoms with Crippen molar-refractivity contribution in [2.45, 2.75) is 57.3 Å². The fourth-order valence-electron chi connectivity index (χ4n) is 3.05. The maximum atomic E-state index is 12.5. The lowest BCUT2D eigenvalue weighted by molar-refractivity contribution is -0.149. The van der Waals surface area contributed by atoms with Crippen LogP contribution >= 0.6 is 0 Å². The molecule has 4 unspecified atom stereocenters. The number of carboxylic acids is 1. The van der Waals surface area contributed by atoms with E-state index in [0.717, 1.165) is 0 Å². The number of nitrogens with one attached hydrogen (secondary N) is 3. The van der Waals surface area contributed by atoms with Crippen LogP contribution in [0.1, 0.15) is 32.4 Å². The van der Waals surface area contributed by atoms with Gasteiger partial charge in [-0.2, -0.15) is 0 Å². The van der Waals surface area contributed by atoms with Gasteiger partial charge in [0.1, 0.15) is 18.1 Å². The average molecular weight is 394 g/mol. The van der Waals surface area contributed by atoms with Crippen LogP contribution < -0.4 is 16.4 Å². The molecule has 11 heteroatoms. The first-order valence-corrected chi connectivity index (χ1v) is 9.07. The zero-order valence-corrected chi connectivity index (χ0v) is 15.8. The Hall–Kier alpha value is -2.95. The highest BCUT2D eigenvalue weighted by atomic mass is 16.4. The van der Waals surface area contributed by atoms with Crippen LogP contribution in [0.15, 0.2) is 12.5 Å². The van der Waals surface area contributed by atoms with Gasteiger partial charge in [-0.1, -0.05) is 0 Å². The van der Waals surface area contributed by atoms with E-state index in [1.54, 1.807) is 6.20 Å². The van der Waals surface area contributed by atoms with Gasteiger partial charge in [-0.15, -0.1) is 0 Å². The molecule has 0 radical (unpaired) electrons. The van der Waals surface area contributed by atoms with Crippen molar-refractivity contribution < 1.29 is 24.3 Å². The monoisotopic (exact) mass is 394 g/mol. The van der Waals surface area contributed by atoms with Gasteiger partial charge in [-0.05, 0) is 26.7 Å². The summed E-state index contributed by atoms with van der Waals surface area (Å²) in [6, 6.07) is -3.56. The first-order valence-electron chi connectivity index (χ1n) is 9.07. The van der Waals surface area contributed by atoms with E-state index in [4.69, 9.17) is 5.73 Å². The number of aromatic amines is 1. The molecule has 11 nitrogen and oxygen atoms in total. The number of H-pyrrole nitrogens is 1.